The highest BCUT2D eigenvalue weighted by Gasteiger charge is 2.33. The summed E-state index contributed by atoms with van der Waals surface area (Å²) in [6.07, 6.45) is -3.29. The molecule has 0 bridgehead atoms. The van der Waals surface area contributed by atoms with E-state index < -0.39 is 11.9 Å². The summed E-state index contributed by atoms with van der Waals surface area (Å²) in [5, 5.41) is 12.4. The molecule has 0 radical (unpaired) electrons. The van der Waals surface area contributed by atoms with Gasteiger partial charge in [0.15, 0.2) is 11.5 Å². The number of aromatic nitrogens is 3. The van der Waals surface area contributed by atoms with Gasteiger partial charge in [-0.25, -0.2) is 9.67 Å². The highest BCUT2D eigenvalue weighted by atomic mass is 19.4. The largest absolute Gasteiger partial charge is 0.435 e. The summed E-state index contributed by atoms with van der Waals surface area (Å²) in [7, 11) is 0. The van der Waals surface area contributed by atoms with Crippen LogP contribution in [0.25, 0.3) is 5.82 Å². The number of alkyl halides is 3. The van der Waals surface area contributed by atoms with Crippen molar-refractivity contribution in [2.24, 2.45) is 0 Å². The number of halogens is 3. The minimum absolute atomic E-state index is 0.205. The number of aryl methyl sites for hydroxylation is 1. The third kappa shape index (κ3) is 2.51. The van der Waals surface area contributed by atoms with Gasteiger partial charge in [0.25, 0.3) is 0 Å². The van der Waals surface area contributed by atoms with Crippen LogP contribution >= 0.6 is 0 Å². The Labute approximate surface area is 101 Å². The van der Waals surface area contributed by atoms with E-state index in [1.165, 1.54) is 12.3 Å². The van der Waals surface area contributed by atoms with Crippen molar-refractivity contribution in [2.75, 3.05) is 0 Å². The molecule has 0 fully saturated rings. The van der Waals surface area contributed by atoms with Gasteiger partial charge >= 0.3 is 6.18 Å². The lowest BCUT2D eigenvalue weighted by Crippen LogP contribution is -2.08. The Balaban J connectivity index is 2.43. The first kappa shape index (κ1) is 12.6. The van der Waals surface area contributed by atoms with Crippen molar-refractivity contribution >= 4 is 0 Å². The Kier molecular flexibility index (Phi) is 3.08. The molecule has 0 saturated heterocycles. The molecule has 2 rings (SSSR count). The average Bonchev–Trinajstić information content (AvgIpc) is 2.77. The third-order valence-corrected chi connectivity index (χ3v) is 2.30. The molecule has 7 heteroatoms. The Bertz CT molecular complexity index is 563. The zero-order valence-corrected chi connectivity index (χ0v) is 9.44. The smallest absolute Gasteiger partial charge is 0.392 e. The van der Waals surface area contributed by atoms with Crippen LogP contribution in [0.15, 0.2) is 24.4 Å². The van der Waals surface area contributed by atoms with Crippen molar-refractivity contribution in [1.82, 2.24) is 14.8 Å². The van der Waals surface area contributed by atoms with Crippen molar-refractivity contribution in [1.29, 1.82) is 0 Å². The second-order valence-electron chi connectivity index (χ2n) is 3.78. The van der Waals surface area contributed by atoms with E-state index in [4.69, 9.17) is 5.11 Å². The fourth-order valence-corrected chi connectivity index (χ4v) is 1.53. The summed E-state index contributed by atoms with van der Waals surface area (Å²) < 4.78 is 38.3. The van der Waals surface area contributed by atoms with Gasteiger partial charge in [-0.15, -0.1) is 0 Å². The lowest BCUT2D eigenvalue weighted by molar-refractivity contribution is -0.141. The van der Waals surface area contributed by atoms with Crippen LogP contribution in [-0.2, 0) is 12.8 Å². The van der Waals surface area contributed by atoms with E-state index in [0.717, 1.165) is 10.7 Å². The van der Waals surface area contributed by atoms with Crippen LogP contribution in [0.1, 0.15) is 17.0 Å². The molecule has 0 unspecified atom stereocenters. The van der Waals surface area contributed by atoms with Crippen molar-refractivity contribution in [2.45, 2.75) is 19.7 Å². The number of aliphatic hydroxyl groups is 1. The molecule has 18 heavy (non-hydrogen) atoms. The predicted molar refractivity (Wildman–Crippen MR) is 57.0 cm³/mol. The summed E-state index contributed by atoms with van der Waals surface area (Å²) in [4.78, 5) is 4.07. The van der Waals surface area contributed by atoms with Gasteiger partial charge in [-0.05, 0) is 30.7 Å². The van der Waals surface area contributed by atoms with Crippen LogP contribution in [0.2, 0.25) is 0 Å². The predicted octanol–water partition coefficient (Wildman–Crippen LogP) is 2.09. The third-order valence-electron chi connectivity index (χ3n) is 2.30. The van der Waals surface area contributed by atoms with E-state index >= 15 is 0 Å². The molecule has 96 valence electrons. The monoisotopic (exact) mass is 257 g/mol. The molecule has 0 amide bonds. The molecular formula is C11H10F3N3O. The first-order valence-corrected chi connectivity index (χ1v) is 5.12. The highest BCUT2D eigenvalue weighted by Crippen LogP contribution is 2.27. The Morgan fingerprint density at radius 3 is 2.61 bits per heavy atom. The van der Waals surface area contributed by atoms with E-state index in [1.54, 1.807) is 13.0 Å². The topological polar surface area (TPSA) is 50.9 Å². The van der Waals surface area contributed by atoms with Crippen LogP contribution in [-0.4, -0.2) is 19.9 Å². The molecule has 2 heterocycles. The fourth-order valence-electron chi connectivity index (χ4n) is 1.53. The van der Waals surface area contributed by atoms with Gasteiger partial charge in [0.2, 0.25) is 0 Å². The summed E-state index contributed by atoms with van der Waals surface area (Å²) in [5.74, 6) is 0.245. The molecule has 0 aliphatic heterocycles. The fraction of sp³-hybridized carbons (Fsp3) is 0.273. The number of pyridine rings is 1. The number of hydrogen-bond acceptors (Lipinski definition) is 3. The second-order valence-corrected chi connectivity index (χ2v) is 3.78. The van der Waals surface area contributed by atoms with Crippen LogP contribution < -0.4 is 0 Å². The van der Waals surface area contributed by atoms with E-state index in [2.05, 4.69) is 10.1 Å². The van der Waals surface area contributed by atoms with Gasteiger partial charge < -0.3 is 5.11 Å². The Morgan fingerprint density at radius 1 is 1.33 bits per heavy atom. The zero-order valence-electron chi connectivity index (χ0n) is 9.44. The lowest BCUT2D eigenvalue weighted by Gasteiger charge is -2.05. The minimum Gasteiger partial charge on any atom is -0.392 e. The highest BCUT2D eigenvalue weighted by molar-refractivity contribution is 5.30. The van der Waals surface area contributed by atoms with Gasteiger partial charge in [-0.2, -0.15) is 18.3 Å². The van der Waals surface area contributed by atoms with Crippen LogP contribution in [0.3, 0.4) is 0 Å². The summed E-state index contributed by atoms with van der Waals surface area (Å²) in [5.41, 5.74) is 0.193. The molecule has 0 saturated carbocycles. The number of rotatable bonds is 2. The maximum Gasteiger partial charge on any atom is 0.435 e. The molecule has 4 nitrogen and oxygen atoms in total. The van der Waals surface area contributed by atoms with E-state index in [1.807, 2.05) is 0 Å². The number of aliphatic hydroxyl groups excluding tert-OH is 1. The van der Waals surface area contributed by atoms with E-state index in [0.29, 0.717) is 11.3 Å². The minimum atomic E-state index is -4.48. The quantitative estimate of drug-likeness (QED) is 0.896. The maximum absolute atomic E-state index is 12.4. The van der Waals surface area contributed by atoms with Gasteiger partial charge in [0, 0.05) is 11.9 Å². The first-order chi connectivity index (χ1) is 8.40. The lowest BCUT2D eigenvalue weighted by atomic mass is 10.2. The summed E-state index contributed by atoms with van der Waals surface area (Å²) >= 11 is 0. The van der Waals surface area contributed by atoms with Gasteiger partial charge in [-0.3, -0.25) is 0 Å². The standard InChI is InChI=1S/C11H10F3N3O/c1-7-4-8(6-18)5-10(15-7)17-3-2-9(16-17)11(12,13)14/h2-5,18H,6H2,1H3. The van der Waals surface area contributed by atoms with Crippen LogP contribution in [0.5, 0.6) is 0 Å². The van der Waals surface area contributed by atoms with Crippen molar-refractivity contribution in [3.8, 4) is 5.82 Å². The first-order valence-electron chi connectivity index (χ1n) is 5.12. The maximum atomic E-state index is 12.4. The van der Waals surface area contributed by atoms with Crippen LogP contribution in [0, 0.1) is 6.92 Å². The Hall–Kier alpha value is -1.89. The molecule has 0 spiro atoms. The second kappa shape index (κ2) is 4.41. The molecule has 0 aliphatic carbocycles. The molecule has 1 N–H and O–H groups in total. The van der Waals surface area contributed by atoms with E-state index in [9.17, 15) is 13.2 Å². The van der Waals surface area contributed by atoms with Gasteiger partial charge in [0.05, 0.1) is 6.61 Å². The Morgan fingerprint density at radius 2 is 2.06 bits per heavy atom. The molecule has 0 atom stereocenters. The van der Waals surface area contributed by atoms with Gasteiger partial charge in [0.1, 0.15) is 0 Å². The molecule has 2 aromatic rings. The van der Waals surface area contributed by atoms with Crippen molar-refractivity contribution < 1.29 is 18.3 Å². The van der Waals surface area contributed by atoms with Crippen molar-refractivity contribution in [3.63, 3.8) is 0 Å². The SMILES string of the molecule is Cc1cc(CO)cc(-n2ccc(C(F)(F)F)n2)n1. The molecule has 0 aromatic carbocycles. The summed E-state index contributed by atoms with van der Waals surface area (Å²) in [6.45, 7) is 1.49. The molecular weight excluding hydrogens is 247 g/mol. The molecule has 0 aliphatic rings. The van der Waals surface area contributed by atoms with Gasteiger partial charge in [-0.1, -0.05) is 0 Å². The average molecular weight is 257 g/mol. The van der Waals surface area contributed by atoms with E-state index in [-0.39, 0.29) is 12.4 Å². The normalized spacial score (nSPS) is 11.8. The number of nitrogens with zero attached hydrogens (tertiary/aromatic N) is 3. The summed E-state index contributed by atoms with van der Waals surface area (Å²) in [6, 6.07) is 4.01. The van der Waals surface area contributed by atoms with Crippen molar-refractivity contribution in [3.05, 3.63) is 41.3 Å². The zero-order chi connectivity index (χ0) is 13.3. The molecule has 2 aromatic heterocycles. The number of hydrogen-bond donors (Lipinski definition) is 1. The van der Waals surface area contributed by atoms with Crippen LogP contribution in [0.4, 0.5) is 13.2 Å².